The zero-order valence-electron chi connectivity index (χ0n) is 18.0. The minimum absolute atomic E-state index is 0. The number of sulfonamides is 1. The summed E-state index contributed by atoms with van der Waals surface area (Å²) in [6.45, 7) is 3.79. The number of hydrogen-bond donors (Lipinski definition) is 1. The lowest BCUT2D eigenvalue weighted by molar-refractivity contribution is 0.260. The van der Waals surface area contributed by atoms with Gasteiger partial charge in [0.15, 0.2) is 5.96 Å². The van der Waals surface area contributed by atoms with E-state index in [0.717, 1.165) is 25.5 Å². The Kier molecular flexibility index (Phi) is 10.0. The van der Waals surface area contributed by atoms with Crippen molar-refractivity contribution in [1.82, 2.24) is 19.7 Å². The molecule has 2 heterocycles. The monoisotopic (exact) mass is 562 g/mol. The fourth-order valence-electron chi connectivity index (χ4n) is 3.43. The maximum atomic E-state index is 12.6. The van der Waals surface area contributed by atoms with Crippen molar-refractivity contribution in [3.8, 4) is 0 Å². The molecule has 1 aliphatic rings. The van der Waals surface area contributed by atoms with E-state index >= 15 is 0 Å². The topological polar surface area (TPSA) is 94.3 Å². The summed E-state index contributed by atoms with van der Waals surface area (Å²) in [4.78, 5) is 8.69. The van der Waals surface area contributed by atoms with Crippen LogP contribution in [0.25, 0.3) is 0 Å². The number of anilines is 1. The number of aliphatic imine (C=N–C) groups is 1. The molecule has 1 aromatic carbocycles. The quantitative estimate of drug-likeness (QED) is 0.227. The molecule has 11 heteroatoms. The zero-order valence-corrected chi connectivity index (χ0v) is 21.1. The lowest BCUT2D eigenvalue weighted by atomic mass is 10.3. The highest BCUT2D eigenvalue weighted by molar-refractivity contribution is 14.0. The standard InChI is InChI=1S/C20H30N6O3S.HI/c1-21-20(22-10-6-11-24(2)19-7-4-3-5-8-19)25-12-14-26(15-13-25)30(27,28)17-18-9-16-29-23-18;/h3-5,7-9,16H,6,10-15,17H2,1-2H3,(H,21,22);1H. The van der Waals surface area contributed by atoms with Gasteiger partial charge in [-0.25, -0.2) is 8.42 Å². The molecule has 0 amide bonds. The number of guanidine groups is 1. The van der Waals surface area contributed by atoms with Crippen molar-refractivity contribution in [2.24, 2.45) is 4.99 Å². The number of halogens is 1. The highest BCUT2D eigenvalue weighted by Crippen LogP contribution is 2.13. The van der Waals surface area contributed by atoms with Crippen LogP contribution in [0.1, 0.15) is 12.1 Å². The molecule has 0 bridgehead atoms. The largest absolute Gasteiger partial charge is 0.375 e. The summed E-state index contributed by atoms with van der Waals surface area (Å²) in [7, 11) is 0.442. The predicted octanol–water partition coefficient (Wildman–Crippen LogP) is 1.84. The SMILES string of the molecule is CN=C(NCCCN(C)c1ccccc1)N1CCN(S(=O)(=O)Cc2ccon2)CC1.I. The molecule has 0 aliphatic carbocycles. The summed E-state index contributed by atoms with van der Waals surface area (Å²) in [5.41, 5.74) is 1.63. The molecular formula is C20H31IN6O3S. The minimum atomic E-state index is -3.40. The van der Waals surface area contributed by atoms with Crippen LogP contribution < -0.4 is 10.2 Å². The van der Waals surface area contributed by atoms with Gasteiger partial charge in [0.25, 0.3) is 0 Å². The zero-order chi connectivity index (χ0) is 21.4. The Morgan fingerprint density at radius 1 is 1.19 bits per heavy atom. The van der Waals surface area contributed by atoms with Gasteiger partial charge in [-0.3, -0.25) is 4.99 Å². The first-order valence-electron chi connectivity index (χ1n) is 10.1. The van der Waals surface area contributed by atoms with Crippen molar-refractivity contribution < 1.29 is 12.9 Å². The summed E-state index contributed by atoms with van der Waals surface area (Å²) < 4.78 is 31.4. The number of nitrogens with zero attached hydrogens (tertiary/aromatic N) is 5. The Morgan fingerprint density at radius 3 is 2.52 bits per heavy atom. The predicted molar refractivity (Wildman–Crippen MR) is 133 cm³/mol. The van der Waals surface area contributed by atoms with Gasteiger partial charge >= 0.3 is 0 Å². The van der Waals surface area contributed by atoms with Gasteiger partial charge in [0.2, 0.25) is 10.0 Å². The molecule has 31 heavy (non-hydrogen) atoms. The van der Waals surface area contributed by atoms with Crippen molar-refractivity contribution in [3.05, 3.63) is 48.4 Å². The fraction of sp³-hybridized carbons (Fsp3) is 0.500. The Morgan fingerprint density at radius 2 is 1.90 bits per heavy atom. The van der Waals surface area contributed by atoms with E-state index in [1.165, 1.54) is 16.3 Å². The van der Waals surface area contributed by atoms with Crippen LogP contribution in [0.3, 0.4) is 0 Å². The second kappa shape index (κ2) is 12.2. The number of piperazine rings is 1. The van der Waals surface area contributed by atoms with Gasteiger partial charge in [0.05, 0.1) is 5.69 Å². The minimum Gasteiger partial charge on any atom is -0.375 e. The second-order valence-electron chi connectivity index (χ2n) is 7.22. The molecule has 1 aliphatic heterocycles. The van der Waals surface area contributed by atoms with E-state index in [0.29, 0.717) is 31.9 Å². The van der Waals surface area contributed by atoms with E-state index in [1.807, 2.05) is 18.2 Å². The number of rotatable bonds is 8. The van der Waals surface area contributed by atoms with Crippen molar-refractivity contribution in [2.75, 3.05) is 58.3 Å². The summed E-state index contributed by atoms with van der Waals surface area (Å²) >= 11 is 0. The fourth-order valence-corrected chi connectivity index (χ4v) is 4.85. The summed E-state index contributed by atoms with van der Waals surface area (Å²) in [5, 5.41) is 7.10. The molecule has 1 fully saturated rings. The lowest BCUT2D eigenvalue weighted by Gasteiger charge is -2.35. The van der Waals surface area contributed by atoms with Gasteiger partial charge in [-0.05, 0) is 18.6 Å². The van der Waals surface area contributed by atoms with Gasteiger partial charge in [-0.1, -0.05) is 23.4 Å². The van der Waals surface area contributed by atoms with E-state index in [1.54, 1.807) is 13.1 Å². The average Bonchev–Trinajstić information content (AvgIpc) is 3.27. The number of para-hydroxylation sites is 1. The summed E-state index contributed by atoms with van der Waals surface area (Å²) in [5.74, 6) is 0.678. The van der Waals surface area contributed by atoms with Gasteiger partial charge in [0.1, 0.15) is 12.0 Å². The smallest absolute Gasteiger partial charge is 0.220 e. The molecule has 0 radical (unpaired) electrons. The lowest BCUT2D eigenvalue weighted by Crippen LogP contribution is -2.54. The molecule has 1 aromatic heterocycles. The van der Waals surface area contributed by atoms with E-state index in [2.05, 4.69) is 44.4 Å². The van der Waals surface area contributed by atoms with Crippen molar-refractivity contribution in [1.29, 1.82) is 0 Å². The molecule has 0 unspecified atom stereocenters. The maximum Gasteiger partial charge on any atom is 0.220 e. The highest BCUT2D eigenvalue weighted by atomic mass is 127. The van der Waals surface area contributed by atoms with Gasteiger partial charge in [-0.2, -0.15) is 4.31 Å². The molecular weight excluding hydrogens is 531 g/mol. The van der Waals surface area contributed by atoms with E-state index < -0.39 is 10.0 Å². The van der Waals surface area contributed by atoms with Crippen molar-refractivity contribution in [3.63, 3.8) is 0 Å². The van der Waals surface area contributed by atoms with Crippen LogP contribution in [0.4, 0.5) is 5.69 Å². The Bertz CT molecular complexity index is 900. The number of hydrogen-bond acceptors (Lipinski definition) is 6. The third-order valence-corrected chi connectivity index (χ3v) is 6.93. The molecule has 172 valence electrons. The first-order chi connectivity index (χ1) is 14.5. The number of benzene rings is 1. The summed E-state index contributed by atoms with van der Waals surface area (Å²) in [6, 6.07) is 11.9. The average molecular weight is 562 g/mol. The van der Waals surface area contributed by atoms with Crippen LogP contribution in [0.2, 0.25) is 0 Å². The molecule has 9 nitrogen and oxygen atoms in total. The van der Waals surface area contributed by atoms with E-state index in [4.69, 9.17) is 4.52 Å². The molecule has 0 atom stereocenters. The molecule has 0 saturated carbocycles. The maximum absolute atomic E-state index is 12.6. The molecule has 1 N–H and O–H groups in total. The molecule has 3 rings (SSSR count). The van der Waals surface area contributed by atoms with Crippen LogP contribution in [-0.2, 0) is 15.8 Å². The van der Waals surface area contributed by atoms with Crippen LogP contribution in [0.15, 0.2) is 52.2 Å². The van der Waals surface area contributed by atoms with Gasteiger partial charge in [-0.15, -0.1) is 24.0 Å². The van der Waals surface area contributed by atoms with Gasteiger partial charge in [0, 0.05) is 65.1 Å². The van der Waals surface area contributed by atoms with Crippen molar-refractivity contribution in [2.45, 2.75) is 12.2 Å². The van der Waals surface area contributed by atoms with Crippen LogP contribution in [-0.4, -0.2) is 82.1 Å². The first kappa shape index (κ1) is 25.4. The van der Waals surface area contributed by atoms with E-state index in [-0.39, 0.29) is 29.7 Å². The highest BCUT2D eigenvalue weighted by Gasteiger charge is 2.28. The van der Waals surface area contributed by atoms with Gasteiger partial charge < -0.3 is 19.6 Å². The molecule has 1 saturated heterocycles. The van der Waals surface area contributed by atoms with E-state index in [9.17, 15) is 8.42 Å². The second-order valence-corrected chi connectivity index (χ2v) is 9.19. The third-order valence-electron chi connectivity index (χ3n) is 5.12. The Labute approximate surface area is 201 Å². The number of aromatic nitrogens is 1. The molecule has 2 aromatic rings. The summed E-state index contributed by atoms with van der Waals surface area (Å²) in [6.07, 6.45) is 2.35. The van der Waals surface area contributed by atoms with Crippen molar-refractivity contribution >= 4 is 45.6 Å². The Hall–Kier alpha value is -1.86. The molecule has 0 spiro atoms. The Balaban J connectivity index is 0.00000341. The van der Waals surface area contributed by atoms with Crippen LogP contribution in [0.5, 0.6) is 0 Å². The van der Waals surface area contributed by atoms with Crippen LogP contribution >= 0.6 is 24.0 Å². The first-order valence-corrected chi connectivity index (χ1v) is 11.7. The normalized spacial score (nSPS) is 15.4. The van der Waals surface area contributed by atoms with Crippen LogP contribution in [0, 0.1) is 0 Å². The third kappa shape index (κ3) is 7.35. The number of nitrogens with one attached hydrogen (secondary N) is 1.